The molecule has 0 aliphatic carbocycles. The van der Waals surface area contributed by atoms with Gasteiger partial charge in [0.2, 0.25) is 0 Å². The smallest absolute Gasteiger partial charge is 0.323 e. The number of nitrogens with zero attached hydrogens (tertiary/aromatic N) is 1. The maximum atomic E-state index is 11.8. The van der Waals surface area contributed by atoms with Crippen LogP contribution in [0.2, 0.25) is 0 Å². The second-order valence-electron chi connectivity index (χ2n) is 4.70. The zero-order chi connectivity index (χ0) is 13.7. The van der Waals surface area contributed by atoms with Gasteiger partial charge in [-0.2, -0.15) is 0 Å². The van der Waals surface area contributed by atoms with Crippen molar-refractivity contribution in [2.45, 2.75) is 45.7 Å². The largest absolute Gasteiger partial charge is 0.469 e. The molecule has 0 aromatic rings. The van der Waals surface area contributed by atoms with E-state index in [0.717, 1.165) is 19.4 Å². The molecule has 3 atom stereocenters. The molecule has 0 N–H and O–H groups in total. The van der Waals surface area contributed by atoms with E-state index in [1.54, 1.807) is 6.92 Å². The molecule has 1 heterocycles. The summed E-state index contributed by atoms with van der Waals surface area (Å²) in [6, 6.07) is -0.235. The summed E-state index contributed by atoms with van der Waals surface area (Å²) in [6.45, 7) is 6.81. The van der Waals surface area contributed by atoms with Crippen molar-refractivity contribution < 1.29 is 19.1 Å². The maximum Gasteiger partial charge on any atom is 0.323 e. The van der Waals surface area contributed by atoms with Crippen molar-refractivity contribution in [2.24, 2.45) is 5.92 Å². The second kappa shape index (κ2) is 6.73. The third-order valence-electron chi connectivity index (χ3n) is 3.67. The van der Waals surface area contributed by atoms with Crippen LogP contribution >= 0.6 is 0 Å². The van der Waals surface area contributed by atoms with Crippen molar-refractivity contribution in [1.29, 1.82) is 0 Å². The van der Waals surface area contributed by atoms with Gasteiger partial charge in [-0.25, -0.2) is 0 Å². The van der Waals surface area contributed by atoms with Crippen LogP contribution in [0, 0.1) is 5.92 Å². The summed E-state index contributed by atoms with van der Waals surface area (Å²) in [7, 11) is 1.39. The Morgan fingerprint density at radius 2 is 2.06 bits per heavy atom. The first-order valence-corrected chi connectivity index (χ1v) is 6.53. The minimum absolute atomic E-state index is 0.0191. The lowest BCUT2D eigenvalue weighted by Crippen LogP contribution is -2.47. The fourth-order valence-electron chi connectivity index (χ4n) is 2.44. The van der Waals surface area contributed by atoms with Crippen LogP contribution in [0.4, 0.5) is 0 Å². The normalized spacial score (nSPS) is 23.4. The number of likely N-dealkylation sites (tertiary alicyclic amines) is 1. The van der Waals surface area contributed by atoms with Gasteiger partial charge in [0, 0.05) is 6.04 Å². The van der Waals surface area contributed by atoms with E-state index in [0.29, 0.717) is 6.61 Å². The number of hydrogen-bond donors (Lipinski definition) is 0. The summed E-state index contributed by atoms with van der Waals surface area (Å²) < 4.78 is 9.83. The lowest BCUT2D eigenvalue weighted by Gasteiger charge is -2.32. The molecule has 0 saturated carbocycles. The molecule has 0 amide bonds. The molecule has 5 nitrogen and oxygen atoms in total. The third kappa shape index (κ3) is 3.22. The molecule has 104 valence electrons. The molecule has 1 saturated heterocycles. The summed E-state index contributed by atoms with van der Waals surface area (Å²) in [5.74, 6) is -0.666. The monoisotopic (exact) mass is 257 g/mol. The molecule has 0 spiro atoms. The van der Waals surface area contributed by atoms with Crippen LogP contribution in [-0.2, 0) is 19.1 Å². The minimum Gasteiger partial charge on any atom is -0.469 e. The molecule has 1 rings (SSSR count). The van der Waals surface area contributed by atoms with Crippen molar-refractivity contribution in [1.82, 2.24) is 4.90 Å². The van der Waals surface area contributed by atoms with Crippen molar-refractivity contribution in [3.8, 4) is 0 Å². The molecular weight excluding hydrogens is 234 g/mol. The molecule has 1 aliphatic heterocycles. The van der Waals surface area contributed by atoms with Crippen molar-refractivity contribution >= 4 is 11.9 Å². The zero-order valence-corrected chi connectivity index (χ0v) is 11.6. The van der Waals surface area contributed by atoms with Crippen LogP contribution < -0.4 is 0 Å². The Hall–Kier alpha value is -1.10. The molecule has 0 radical (unpaired) electrons. The number of rotatable bonds is 5. The maximum absolute atomic E-state index is 11.8. The lowest BCUT2D eigenvalue weighted by molar-refractivity contribution is -0.153. The highest BCUT2D eigenvalue weighted by molar-refractivity contribution is 5.77. The van der Waals surface area contributed by atoms with E-state index in [9.17, 15) is 9.59 Å². The van der Waals surface area contributed by atoms with Gasteiger partial charge in [0.1, 0.15) is 6.04 Å². The van der Waals surface area contributed by atoms with E-state index in [1.165, 1.54) is 7.11 Å². The summed E-state index contributed by atoms with van der Waals surface area (Å²) in [6.07, 6.45) is 1.76. The molecule has 18 heavy (non-hydrogen) atoms. The van der Waals surface area contributed by atoms with Gasteiger partial charge in [0.15, 0.2) is 0 Å². The number of ether oxygens (including phenoxy) is 2. The summed E-state index contributed by atoms with van der Waals surface area (Å²) >= 11 is 0. The van der Waals surface area contributed by atoms with Crippen molar-refractivity contribution in [2.75, 3.05) is 20.3 Å². The fraction of sp³-hybridized carbons (Fsp3) is 0.846. The Kier molecular flexibility index (Phi) is 5.59. The molecule has 1 aliphatic rings. The van der Waals surface area contributed by atoms with Gasteiger partial charge in [0.05, 0.1) is 19.6 Å². The molecule has 0 aromatic carbocycles. The molecule has 0 bridgehead atoms. The minimum atomic E-state index is -0.245. The van der Waals surface area contributed by atoms with E-state index >= 15 is 0 Å². The fourth-order valence-corrected chi connectivity index (χ4v) is 2.44. The molecule has 1 fully saturated rings. The lowest BCUT2D eigenvalue weighted by atomic mass is 10.0. The molecule has 0 aromatic heterocycles. The molecule has 3 unspecified atom stereocenters. The van der Waals surface area contributed by atoms with Crippen LogP contribution in [0.3, 0.4) is 0 Å². The first-order valence-electron chi connectivity index (χ1n) is 6.53. The van der Waals surface area contributed by atoms with E-state index in [4.69, 9.17) is 9.47 Å². The Labute approximate surface area is 108 Å². The van der Waals surface area contributed by atoms with Crippen LogP contribution in [0.1, 0.15) is 33.6 Å². The zero-order valence-electron chi connectivity index (χ0n) is 11.6. The average molecular weight is 257 g/mol. The highest BCUT2D eigenvalue weighted by Gasteiger charge is 2.38. The number of carbonyl (C=O) groups excluding carboxylic acids is 2. The number of esters is 2. The van der Waals surface area contributed by atoms with Crippen LogP contribution in [-0.4, -0.2) is 49.2 Å². The van der Waals surface area contributed by atoms with Gasteiger partial charge in [-0.05, 0) is 33.2 Å². The van der Waals surface area contributed by atoms with Crippen LogP contribution in [0.5, 0.6) is 0 Å². The highest BCUT2D eigenvalue weighted by Crippen LogP contribution is 2.25. The Balaban J connectivity index is 2.68. The van der Waals surface area contributed by atoms with Gasteiger partial charge in [0.25, 0.3) is 0 Å². The van der Waals surface area contributed by atoms with Gasteiger partial charge < -0.3 is 9.47 Å². The average Bonchev–Trinajstić information content (AvgIpc) is 2.85. The summed E-state index contributed by atoms with van der Waals surface area (Å²) in [5, 5.41) is 0. The quantitative estimate of drug-likeness (QED) is 0.693. The van der Waals surface area contributed by atoms with Crippen molar-refractivity contribution in [3.05, 3.63) is 0 Å². The van der Waals surface area contributed by atoms with Gasteiger partial charge in [-0.3, -0.25) is 14.5 Å². The predicted octanol–water partition coefficient (Wildman–Crippen LogP) is 1.21. The first-order chi connectivity index (χ1) is 8.52. The van der Waals surface area contributed by atoms with E-state index in [2.05, 4.69) is 4.90 Å². The first kappa shape index (κ1) is 15.0. The standard InChI is InChI=1S/C13H23NO4/c1-5-18-13(16)11-7-6-8-14(11)10(3)9(2)12(15)17-4/h9-11H,5-8H2,1-4H3. The number of methoxy groups -OCH3 is 1. The van der Waals surface area contributed by atoms with Crippen LogP contribution in [0.25, 0.3) is 0 Å². The summed E-state index contributed by atoms with van der Waals surface area (Å²) in [4.78, 5) is 25.4. The number of carbonyl (C=O) groups is 2. The Morgan fingerprint density at radius 1 is 1.39 bits per heavy atom. The predicted molar refractivity (Wildman–Crippen MR) is 67.0 cm³/mol. The highest BCUT2D eigenvalue weighted by atomic mass is 16.5. The molecular formula is C13H23NO4. The van der Waals surface area contributed by atoms with Gasteiger partial charge in [-0.1, -0.05) is 6.92 Å². The van der Waals surface area contributed by atoms with E-state index < -0.39 is 0 Å². The van der Waals surface area contributed by atoms with E-state index in [1.807, 2.05) is 13.8 Å². The van der Waals surface area contributed by atoms with Gasteiger partial charge >= 0.3 is 11.9 Å². The Morgan fingerprint density at radius 3 is 2.61 bits per heavy atom. The Bertz CT molecular complexity index is 305. The van der Waals surface area contributed by atoms with Gasteiger partial charge in [-0.15, -0.1) is 0 Å². The SMILES string of the molecule is CCOC(=O)C1CCCN1C(C)C(C)C(=O)OC. The topological polar surface area (TPSA) is 55.8 Å². The number of hydrogen-bond acceptors (Lipinski definition) is 5. The molecule has 5 heteroatoms. The second-order valence-corrected chi connectivity index (χ2v) is 4.70. The van der Waals surface area contributed by atoms with E-state index in [-0.39, 0.29) is 29.9 Å². The third-order valence-corrected chi connectivity index (χ3v) is 3.67. The van der Waals surface area contributed by atoms with Crippen LogP contribution in [0.15, 0.2) is 0 Å². The summed E-state index contributed by atoms with van der Waals surface area (Å²) in [5.41, 5.74) is 0. The van der Waals surface area contributed by atoms with Crippen molar-refractivity contribution in [3.63, 3.8) is 0 Å².